The van der Waals surface area contributed by atoms with Crippen molar-refractivity contribution in [2.24, 2.45) is 0 Å². The Balaban J connectivity index is 1.64. The van der Waals surface area contributed by atoms with Gasteiger partial charge in [0.15, 0.2) is 0 Å². The molecule has 1 aromatic carbocycles. The molecule has 1 aromatic heterocycles. The first-order valence-electron chi connectivity index (χ1n) is 8.79. The molecule has 0 amide bonds. The molecule has 1 fully saturated rings. The van der Waals surface area contributed by atoms with Crippen molar-refractivity contribution >= 4 is 17.5 Å². The first kappa shape index (κ1) is 15.8. The molecule has 4 heteroatoms. The summed E-state index contributed by atoms with van der Waals surface area (Å²) in [6.45, 7) is 2.16. The lowest BCUT2D eigenvalue weighted by atomic mass is 10.1. The molecule has 1 heterocycles. The van der Waals surface area contributed by atoms with E-state index in [1.807, 2.05) is 12.3 Å². The first-order chi connectivity index (χ1) is 11.3. The van der Waals surface area contributed by atoms with Crippen LogP contribution in [0.4, 0.5) is 17.5 Å². The number of nitrogens with one attached hydrogen (secondary N) is 2. The van der Waals surface area contributed by atoms with Gasteiger partial charge in [-0.25, -0.2) is 4.98 Å². The zero-order valence-electron chi connectivity index (χ0n) is 13.9. The molecule has 1 aliphatic rings. The fourth-order valence-electron chi connectivity index (χ4n) is 3.09. The second-order valence-electron chi connectivity index (χ2n) is 6.27. The molecule has 0 aliphatic heterocycles. The minimum Gasteiger partial charge on any atom is -0.367 e. The number of aryl methyl sites for hydroxylation is 1. The molecule has 0 unspecified atom stereocenters. The Morgan fingerprint density at radius 2 is 1.74 bits per heavy atom. The topological polar surface area (TPSA) is 49.8 Å². The van der Waals surface area contributed by atoms with Crippen molar-refractivity contribution in [1.29, 1.82) is 0 Å². The highest BCUT2D eigenvalue weighted by atomic mass is 15.1. The predicted octanol–water partition coefficient (Wildman–Crippen LogP) is 4.92. The Bertz CT molecular complexity index is 601. The maximum absolute atomic E-state index is 4.60. The summed E-state index contributed by atoms with van der Waals surface area (Å²) in [5.74, 6) is 1.56. The summed E-state index contributed by atoms with van der Waals surface area (Å²) in [5, 5.41) is 6.86. The average Bonchev–Trinajstić information content (AvgIpc) is 2.85. The van der Waals surface area contributed by atoms with E-state index >= 15 is 0 Å². The predicted molar refractivity (Wildman–Crippen MR) is 96.2 cm³/mol. The smallest absolute Gasteiger partial charge is 0.229 e. The molecule has 1 saturated carbocycles. The van der Waals surface area contributed by atoms with Crippen LogP contribution in [0.5, 0.6) is 0 Å². The van der Waals surface area contributed by atoms with Gasteiger partial charge in [-0.2, -0.15) is 4.98 Å². The summed E-state index contributed by atoms with van der Waals surface area (Å²) in [6.07, 6.45) is 10.7. The Kier molecular flexibility index (Phi) is 5.46. The fraction of sp³-hybridized carbons (Fsp3) is 0.474. The van der Waals surface area contributed by atoms with Gasteiger partial charge in [0, 0.05) is 17.9 Å². The summed E-state index contributed by atoms with van der Waals surface area (Å²) < 4.78 is 0. The van der Waals surface area contributed by atoms with Crippen molar-refractivity contribution < 1.29 is 0 Å². The van der Waals surface area contributed by atoms with Gasteiger partial charge >= 0.3 is 0 Å². The maximum atomic E-state index is 4.60. The van der Waals surface area contributed by atoms with Crippen LogP contribution in [-0.4, -0.2) is 16.0 Å². The third-order valence-electron chi connectivity index (χ3n) is 4.48. The molecular weight excluding hydrogens is 284 g/mol. The molecule has 2 N–H and O–H groups in total. The van der Waals surface area contributed by atoms with Crippen molar-refractivity contribution in [2.75, 3.05) is 10.6 Å². The molecule has 1 aliphatic carbocycles. The molecular formula is C19H26N4. The van der Waals surface area contributed by atoms with E-state index in [4.69, 9.17) is 0 Å². The Morgan fingerprint density at radius 3 is 2.43 bits per heavy atom. The molecule has 0 radical (unpaired) electrons. The third-order valence-corrected chi connectivity index (χ3v) is 4.48. The summed E-state index contributed by atoms with van der Waals surface area (Å²) in [5.41, 5.74) is 2.36. The highest BCUT2D eigenvalue weighted by molar-refractivity contribution is 5.55. The van der Waals surface area contributed by atoms with Crippen LogP contribution in [0.15, 0.2) is 36.5 Å². The van der Waals surface area contributed by atoms with E-state index in [0.29, 0.717) is 12.0 Å². The zero-order chi connectivity index (χ0) is 15.9. The summed E-state index contributed by atoms with van der Waals surface area (Å²) in [7, 11) is 0. The monoisotopic (exact) mass is 310 g/mol. The number of rotatable bonds is 5. The second kappa shape index (κ2) is 7.95. The van der Waals surface area contributed by atoms with Gasteiger partial charge in [0.1, 0.15) is 5.82 Å². The maximum Gasteiger partial charge on any atom is 0.229 e. The van der Waals surface area contributed by atoms with Crippen LogP contribution in [0.2, 0.25) is 0 Å². The standard InChI is InChI=1S/C19H26N4/c1-2-15-9-11-17(12-10-15)22-19-20-14-13-18(23-19)21-16-7-5-3-4-6-8-16/h9-14,16H,2-8H2,1H3,(H2,20,21,22,23). The van der Waals surface area contributed by atoms with E-state index < -0.39 is 0 Å². The van der Waals surface area contributed by atoms with Gasteiger partial charge in [0.05, 0.1) is 0 Å². The van der Waals surface area contributed by atoms with E-state index in [1.165, 1.54) is 44.1 Å². The van der Waals surface area contributed by atoms with Crippen molar-refractivity contribution in [3.8, 4) is 0 Å². The number of aromatic nitrogens is 2. The average molecular weight is 310 g/mol. The molecule has 0 atom stereocenters. The highest BCUT2D eigenvalue weighted by Crippen LogP contribution is 2.21. The molecule has 0 spiro atoms. The van der Waals surface area contributed by atoms with Crippen LogP contribution in [0.25, 0.3) is 0 Å². The number of hydrogen-bond donors (Lipinski definition) is 2. The lowest BCUT2D eigenvalue weighted by Gasteiger charge is -2.17. The quantitative estimate of drug-likeness (QED) is 0.770. The van der Waals surface area contributed by atoms with E-state index in [-0.39, 0.29) is 0 Å². The Morgan fingerprint density at radius 1 is 1.00 bits per heavy atom. The van der Waals surface area contributed by atoms with Gasteiger partial charge in [-0.3, -0.25) is 0 Å². The summed E-state index contributed by atoms with van der Waals surface area (Å²) in [6, 6.07) is 10.9. The first-order valence-corrected chi connectivity index (χ1v) is 8.79. The molecule has 0 bridgehead atoms. The SMILES string of the molecule is CCc1ccc(Nc2nccc(NC3CCCCCC3)n2)cc1. The minimum absolute atomic E-state index is 0.545. The molecule has 4 nitrogen and oxygen atoms in total. The number of hydrogen-bond acceptors (Lipinski definition) is 4. The van der Waals surface area contributed by atoms with Gasteiger partial charge in [0.25, 0.3) is 0 Å². The summed E-state index contributed by atoms with van der Waals surface area (Å²) in [4.78, 5) is 8.93. The normalized spacial score (nSPS) is 15.9. The minimum atomic E-state index is 0.545. The Hall–Kier alpha value is -2.10. The van der Waals surface area contributed by atoms with Crippen molar-refractivity contribution in [2.45, 2.75) is 57.9 Å². The van der Waals surface area contributed by atoms with Gasteiger partial charge < -0.3 is 10.6 Å². The largest absolute Gasteiger partial charge is 0.367 e. The molecule has 23 heavy (non-hydrogen) atoms. The van der Waals surface area contributed by atoms with Crippen molar-refractivity contribution in [3.63, 3.8) is 0 Å². The van der Waals surface area contributed by atoms with E-state index in [2.05, 4.69) is 51.8 Å². The fourth-order valence-corrected chi connectivity index (χ4v) is 3.09. The number of benzene rings is 1. The van der Waals surface area contributed by atoms with E-state index in [0.717, 1.165) is 17.9 Å². The summed E-state index contributed by atoms with van der Waals surface area (Å²) >= 11 is 0. The zero-order valence-corrected chi connectivity index (χ0v) is 13.9. The molecule has 2 aromatic rings. The van der Waals surface area contributed by atoms with Crippen LogP contribution in [0.1, 0.15) is 51.0 Å². The van der Waals surface area contributed by atoms with Gasteiger partial charge in [-0.15, -0.1) is 0 Å². The Labute approximate surface area is 138 Å². The van der Waals surface area contributed by atoms with Crippen molar-refractivity contribution in [1.82, 2.24) is 9.97 Å². The number of nitrogens with zero attached hydrogens (tertiary/aromatic N) is 2. The second-order valence-corrected chi connectivity index (χ2v) is 6.27. The lowest BCUT2D eigenvalue weighted by Crippen LogP contribution is -2.19. The molecule has 122 valence electrons. The van der Waals surface area contributed by atoms with Gasteiger partial charge in [-0.05, 0) is 43.0 Å². The van der Waals surface area contributed by atoms with Crippen LogP contribution in [-0.2, 0) is 6.42 Å². The lowest BCUT2D eigenvalue weighted by molar-refractivity contribution is 0.617. The van der Waals surface area contributed by atoms with E-state index in [9.17, 15) is 0 Å². The van der Waals surface area contributed by atoms with E-state index in [1.54, 1.807) is 0 Å². The van der Waals surface area contributed by atoms with Gasteiger partial charge in [0.2, 0.25) is 5.95 Å². The highest BCUT2D eigenvalue weighted by Gasteiger charge is 2.12. The van der Waals surface area contributed by atoms with Crippen LogP contribution in [0.3, 0.4) is 0 Å². The molecule has 0 saturated heterocycles. The van der Waals surface area contributed by atoms with Crippen LogP contribution in [0, 0.1) is 0 Å². The number of anilines is 3. The molecule has 3 rings (SSSR count). The van der Waals surface area contributed by atoms with Crippen molar-refractivity contribution in [3.05, 3.63) is 42.1 Å². The third kappa shape index (κ3) is 4.68. The van der Waals surface area contributed by atoms with Gasteiger partial charge in [-0.1, -0.05) is 44.7 Å². The van der Waals surface area contributed by atoms with Crippen LogP contribution < -0.4 is 10.6 Å². The van der Waals surface area contributed by atoms with Crippen LogP contribution >= 0.6 is 0 Å².